The second kappa shape index (κ2) is 11.9. The molecule has 2 aliphatic rings. The van der Waals surface area contributed by atoms with Gasteiger partial charge in [0.05, 0.1) is 17.9 Å². The number of nitrogens with zero attached hydrogens (tertiary/aromatic N) is 3. The molecule has 0 radical (unpaired) electrons. The van der Waals surface area contributed by atoms with Crippen LogP contribution in [-0.2, 0) is 9.59 Å². The lowest BCUT2D eigenvalue weighted by molar-refractivity contribution is -0.136. The predicted octanol–water partition coefficient (Wildman–Crippen LogP) is 4.86. The molecule has 2 unspecified atom stereocenters. The van der Waals surface area contributed by atoms with Crippen molar-refractivity contribution in [2.45, 2.75) is 44.9 Å². The van der Waals surface area contributed by atoms with Gasteiger partial charge in [0.2, 0.25) is 5.91 Å². The summed E-state index contributed by atoms with van der Waals surface area (Å²) >= 11 is 6.21. The van der Waals surface area contributed by atoms with Gasteiger partial charge in [0.1, 0.15) is 42.0 Å². The maximum Gasteiger partial charge on any atom is 0.326 e. The van der Waals surface area contributed by atoms with E-state index >= 15 is 0 Å². The first-order chi connectivity index (χ1) is 20.4. The zero-order valence-electron chi connectivity index (χ0n) is 23.9. The van der Waals surface area contributed by atoms with Gasteiger partial charge in [0.25, 0.3) is 0 Å². The number of benzene rings is 2. The Hall–Kier alpha value is -4.64. The van der Waals surface area contributed by atoms with Crippen LogP contribution < -0.4 is 10.1 Å². The fourth-order valence-electron chi connectivity index (χ4n) is 5.10. The number of nitrogens with one attached hydrogen (secondary N) is 1. The summed E-state index contributed by atoms with van der Waals surface area (Å²) in [5.74, 6) is -1.12. The Morgan fingerprint density at radius 2 is 1.88 bits per heavy atom. The van der Waals surface area contributed by atoms with Gasteiger partial charge in [-0.25, -0.2) is 4.79 Å². The summed E-state index contributed by atoms with van der Waals surface area (Å²) in [6, 6.07) is 13.3. The normalized spacial score (nSPS) is 18.7. The minimum absolute atomic E-state index is 0.130. The predicted molar refractivity (Wildman–Crippen MR) is 157 cm³/mol. The van der Waals surface area contributed by atoms with Crippen molar-refractivity contribution in [3.8, 4) is 5.75 Å². The quantitative estimate of drug-likeness (QED) is 0.289. The highest BCUT2D eigenvalue weighted by Gasteiger charge is 2.46. The summed E-state index contributed by atoms with van der Waals surface area (Å²) < 4.78 is 12.1. The first kappa shape index (κ1) is 29.8. The Labute approximate surface area is 253 Å². The van der Waals surface area contributed by atoms with Gasteiger partial charge in [0.15, 0.2) is 5.78 Å². The SMILES string of the molecule is CC(C)(C)Oc1cc(C(=O)CC(=O)O)ccc1C1=NC(c2ccco2)C(c2ccc(Cl)cc2)N1C(=O)N1CCNC(=O)C1. The number of ether oxygens (including phenoxy) is 1. The monoisotopic (exact) mass is 606 g/mol. The summed E-state index contributed by atoms with van der Waals surface area (Å²) in [5.41, 5.74) is 0.556. The van der Waals surface area contributed by atoms with E-state index < -0.39 is 41.9 Å². The number of amidine groups is 1. The molecule has 0 saturated carbocycles. The van der Waals surface area contributed by atoms with Gasteiger partial charge in [-0.1, -0.05) is 29.8 Å². The molecule has 2 aromatic carbocycles. The summed E-state index contributed by atoms with van der Waals surface area (Å²) in [5, 5.41) is 12.4. The molecule has 5 rings (SSSR count). The van der Waals surface area contributed by atoms with Crippen LogP contribution in [0.2, 0.25) is 5.02 Å². The van der Waals surface area contributed by atoms with Gasteiger partial charge in [-0.3, -0.25) is 24.3 Å². The molecular weight excluding hydrogens is 576 g/mol. The molecule has 1 aromatic heterocycles. The van der Waals surface area contributed by atoms with Gasteiger partial charge in [-0.2, -0.15) is 0 Å². The summed E-state index contributed by atoms with van der Waals surface area (Å²) in [4.78, 5) is 58.6. The molecule has 3 aromatic rings. The van der Waals surface area contributed by atoms with Crippen LogP contribution in [0, 0.1) is 0 Å². The van der Waals surface area contributed by atoms with Gasteiger partial charge in [-0.15, -0.1) is 0 Å². The number of aliphatic imine (C=N–C) groups is 1. The number of rotatable bonds is 7. The minimum Gasteiger partial charge on any atom is -0.487 e. The Morgan fingerprint density at radius 1 is 1.14 bits per heavy atom. The second-order valence-electron chi connectivity index (χ2n) is 11.3. The number of hydrogen-bond donors (Lipinski definition) is 2. The van der Waals surface area contributed by atoms with E-state index in [9.17, 15) is 24.3 Å². The number of halogens is 1. The molecule has 12 heteroatoms. The molecule has 0 spiro atoms. The van der Waals surface area contributed by atoms with Crippen molar-refractivity contribution in [1.82, 2.24) is 15.1 Å². The molecule has 2 N–H and O–H groups in total. The van der Waals surface area contributed by atoms with Crippen LogP contribution in [0.4, 0.5) is 4.79 Å². The molecule has 43 heavy (non-hydrogen) atoms. The highest BCUT2D eigenvalue weighted by molar-refractivity contribution is 6.30. The number of ketones is 1. The molecule has 1 fully saturated rings. The lowest BCUT2D eigenvalue weighted by atomic mass is 9.97. The van der Waals surface area contributed by atoms with Crippen LogP contribution in [0.1, 0.15) is 66.5 Å². The largest absolute Gasteiger partial charge is 0.487 e. The average Bonchev–Trinajstić information content (AvgIpc) is 3.60. The van der Waals surface area contributed by atoms with E-state index in [0.717, 1.165) is 5.56 Å². The lowest BCUT2D eigenvalue weighted by Gasteiger charge is -2.35. The van der Waals surface area contributed by atoms with E-state index in [4.69, 9.17) is 25.7 Å². The topological polar surface area (TPSA) is 142 Å². The summed E-state index contributed by atoms with van der Waals surface area (Å²) in [6.45, 7) is 5.95. The standard InChI is InChI=1S/C31H31ClN4O7/c1-31(2,3)43-24-15-19(22(37)16-26(39)40)8-11-21(24)29-34-27(23-5-4-14-42-23)28(18-6-9-20(32)10-7-18)36(29)30(41)35-13-12-33-25(38)17-35/h4-11,14-15,27-28H,12-13,16-17H2,1-3H3,(H,33,38)(H,39,40). The number of carbonyl (C=O) groups is 4. The van der Waals surface area contributed by atoms with Crippen LogP contribution in [0.5, 0.6) is 5.75 Å². The number of urea groups is 1. The molecule has 2 aliphatic heterocycles. The molecule has 224 valence electrons. The number of carboxylic acid groups (broad SMARTS) is 1. The third-order valence-electron chi connectivity index (χ3n) is 6.90. The molecule has 1 saturated heterocycles. The minimum atomic E-state index is -1.25. The molecular formula is C31H31ClN4O7. The van der Waals surface area contributed by atoms with Crippen LogP contribution in [-0.4, -0.2) is 69.7 Å². The highest BCUT2D eigenvalue weighted by Crippen LogP contribution is 2.45. The van der Waals surface area contributed by atoms with E-state index in [0.29, 0.717) is 29.4 Å². The van der Waals surface area contributed by atoms with E-state index in [1.165, 1.54) is 28.2 Å². The van der Waals surface area contributed by atoms with Crippen molar-refractivity contribution < 1.29 is 33.4 Å². The number of hydrogen-bond acceptors (Lipinski definition) is 7. The number of carbonyl (C=O) groups excluding carboxylic acids is 3. The number of furan rings is 1. The molecule has 2 atom stereocenters. The number of aliphatic carboxylic acids is 1. The Morgan fingerprint density at radius 3 is 2.51 bits per heavy atom. The number of amides is 3. The zero-order valence-corrected chi connectivity index (χ0v) is 24.6. The van der Waals surface area contributed by atoms with Gasteiger partial charge in [0, 0.05) is 23.7 Å². The lowest BCUT2D eigenvalue weighted by Crippen LogP contribution is -2.55. The van der Waals surface area contributed by atoms with Crippen LogP contribution in [0.15, 0.2) is 70.3 Å². The van der Waals surface area contributed by atoms with E-state index in [1.54, 1.807) is 30.3 Å². The smallest absolute Gasteiger partial charge is 0.326 e. The van der Waals surface area contributed by atoms with Crippen LogP contribution in [0.3, 0.4) is 0 Å². The van der Waals surface area contributed by atoms with Gasteiger partial charge in [-0.05, 0) is 62.7 Å². The van der Waals surface area contributed by atoms with Crippen molar-refractivity contribution >= 4 is 41.1 Å². The molecule has 0 bridgehead atoms. The third kappa shape index (κ3) is 6.56. The summed E-state index contributed by atoms with van der Waals surface area (Å²) in [6.07, 6.45) is 0.843. The second-order valence-corrected chi connectivity index (χ2v) is 11.7. The van der Waals surface area contributed by atoms with Crippen molar-refractivity contribution in [3.63, 3.8) is 0 Å². The Kier molecular flexibility index (Phi) is 8.27. The third-order valence-corrected chi connectivity index (χ3v) is 7.15. The molecule has 3 heterocycles. The van der Waals surface area contributed by atoms with Crippen LogP contribution in [0.25, 0.3) is 0 Å². The molecule has 0 aliphatic carbocycles. The maximum atomic E-state index is 14.4. The summed E-state index contributed by atoms with van der Waals surface area (Å²) in [7, 11) is 0. The first-order valence-corrected chi connectivity index (χ1v) is 14.1. The number of Topliss-reactive ketones (excluding diaryl/α,β-unsaturated/α-hetero) is 1. The van der Waals surface area contributed by atoms with Crippen molar-refractivity contribution in [2.75, 3.05) is 19.6 Å². The first-order valence-electron chi connectivity index (χ1n) is 13.7. The Balaban J connectivity index is 1.69. The fraction of sp³-hybridized carbons (Fsp3) is 0.323. The Bertz CT molecular complexity index is 1580. The zero-order chi connectivity index (χ0) is 30.9. The molecule has 3 amide bonds. The maximum absolute atomic E-state index is 14.4. The number of piperazine rings is 1. The average molecular weight is 607 g/mol. The van der Waals surface area contributed by atoms with E-state index in [-0.39, 0.29) is 29.6 Å². The van der Waals surface area contributed by atoms with Gasteiger partial charge >= 0.3 is 12.0 Å². The highest BCUT2D eigenvalue weighted by atomic mass is 35.5. The fourth-order valence-corrected chi connectivity index (χ4v) is 5.23. The number of carboxylic acids is 1. The van der Waals surface area contributed by atoms with Gasteiger partial charge < -0.3 is 24.5 Å². The van der Waals surface area contributed by atoms with E-state index in [2.05, 4.69) is 5.32 Å². The van der Waals surface area contributed by atoms with E-state index in [1.807, 2.05) is 32.9 Å². The molecule has 11 nitrogen and oxygen atoms in total. The van der Waals surface area contributed by atoms with Crippen molar-refractivity contribution in [2.24, 2.45) is 4.99 Å². The van der Waals surface area contributed by atoms with Crippen LogP contribution >= 0.6 is 11.6 Å². The van der Waals surface area contributed by atoms with Crippen molar-refractivity contribution in [3.05, 3.63) is 88.3 Å². The van der Waals surface area contributed by atoms with Crippen molar-refractivity contribution in [1.29, 1.82) is 0 Å².